The molecule has 2 aromatic carbocycles. The summed E-state index contributed by atoms with van der Waals surface area (Å²) >= 11 is 6.08. The molecule has 0 fully saturated rings. The molecule has 0 aliphatic carbocycles. The minimum absolute atomic E-state index is 0.313. The van der Waals surface area contributed by atoms with Crippen molar-refractivity contribution < 1.29 is 13.5 Å². The van der Waals surface area contributed by atoms with Crippen LogP contribution in [0.25, 0.3) is 0 Å². The van der Waals surface area contributed by atoms with Crippen molar-refractivity contribution in [2.45, 2.75) is 19.5 Å². The Bertz CT molecular complexity index is 676. The number of halogens is 3. The zero-order chi connectivity index (χ0) is 14.8. The summed E-state index contributed by atoms with van der Waals surface area (Å²) in [6.07, 6.45) is 0.857. The van der Waals surface area contributed by atoms with Gasteiger partial charge in [-0.3, -0.25) is 0 Å². The molecule has 3 rings (SSSR count). The van der Waals surface area contributed by atoms with Crippen LogP contribution in [0.2, 0.25) is 5.02 Å². The number of ether oxygens (including phenoxy) is 1. The maximum Gasteiger partial charge on any atom is 0.130 e. The monoisotopic (exact) mass is 309 g/mol. The van der Waals surface area contributed by atoms with Gasteiger partial charge >= 0.3 is 0 Å². The Morgan fingerprint density at radius 2 is 1.90 bits per heavy atom. The van der Waals surface area contributed by atoms with Crippen LogP contribution in [0.5, 0.6) is 5.75 Å². The molecule has 0 amide bonds. The van der Waals surface area contributed by atoms with Crippen molar-refractivity contribution in [2.75, 3.05) is 6.61 Å². The molecule has 2 nitrogen and oxygen atoms in total. The molecule has 21 heavy (non-hydrogen) atoms. The molecule has 0 unspecified atom stereocenters. The van der Waals surface area contributed by atoms with Gasteiger partial charge in [-0.15, -0.1) is 0 Å². The Kier molecular flexibility index (Phi) is 4.08. The molecular formula is C16H14ClF2NO. The van der Waals surface area contributed by atoms with E-state index in [9.17, 15) is 8.78 Å². The Hall–Kier alpha value is -1.65. The molecule has 0 atom stereocenters. The molecule has 2 aromatic rings. The number of benzene rings is 2. The Morgan fingerprint density at radius 3 is 2.71 bits per heavy atom. The van der Waals surface area contributed by atoms with Gasteiger partial charge in [0.05, 0.1) is 6.61 Å². The van der Waals surface area contributed by atoms with Crippen LogP contribution in [-0.4, -0.2) is 6.61 Å². The zero-order valence-electron chi connectivity index (χ0n) is 11.3. The van der Waals surface area contributed by atoms with Crippen LogP contribution in [-0.2, 0) is 19.5 Å². The number of nitrogens with one attached hydrogen (secondary N) is 1. The van der Waals surface area contributed by atoms with Crippen LogP contribution in [0.1, 0.15) is 16.7 Å². The maximum atomic E-state index is 13.5. The van der Waals surface area contributed by atoms with Crippen LogP contribution in [0.3, 0.4) is 0 Å². The highest BCUT2D eigenvalue weighted by Crippen LogP contribution is 2.32. The van der Waals surface area contributed by atoms with Crippen LogP contribution >= 0.6 is 11.6 Å². The van der Waals surface area contributed by atoms with E-state index in [1.807, 2.05) is 12.1 Å². The summed E-state index contributed by atoms with van der Waals surface area (Å²) in [6.45, 7) is 1.49. The third-order valence-corrected chi connectivity index (χ3v) is 3.69. The lowest BCUT2D eigenvalue weighted by Gasteiger charge is -2.10. The van der Waals surface area contributed by atoms with Gasteiger partial charge in [0.1, 0.15) is 17.4 Å². The molecule has 0 bridgehead atoms. The first-order valence-corrected chi connectivity index (χ1v) is 7.10. The van der Waals surface area contributed by atoms with Gasteiger partial charge in [0.2, 0.25) is 0 Å². The fourth-order valence-electron chi connectivity index (χ4n) is 2.47. The molecule has 1 aliphatic heterocycles. The standard InChI is InChI=1S/C16H14ClF2NO/c17-13-5-10-3-4-21-16(10)12(6-13)9-20-8-11-1-2-14(18)7-15(11)19/h1-2,5-7,20H,3-4,8-9H2. The summed E-state index contributed by atoms with van der Waals surface area (Å²) in [5, 5.41) is 3.80. The van der Waals surface area contributed by atoms with Gasteiger partial charge in [-0.2, -0.15) is 0 Å². The molecule has 0 saturated heterocycles. The minimum Gasteiger partial charge on any atom is -0.493 e. The van der Waals surface area contributed by atoms with E-state index in [0.717, 1.165) is 29.4 Å². The van der Waals surface area contributed by atoms with Crippen molar-refractivity contribution in [2.24, 2.45) is 0 Å². The molecule has 0 spiro atoms. The van der Waals surface area contributed by atoms with Crippen LogP contribution in [0.15, 0.2) is 30.3 Å². The Balaban J connectivity index is 1.68. The third kappa shape index (κ3) is 3.17. The van der Waals surface area contributed by atoms with Crippen molar-refractivity contribution in [3.05, 3.63) is 63.7 Å². The van der Waals surface area contributed by atoms with E-state index in [1.54, 1.807) is 0 Å². The van der Waals surface area contributed by atoms with E-state index in [0.29, 0.717) is 30.3 Å². The first-order valence-electron chi connectivity index (χ1n) is 6.72. The smallest absolute Gasteiger partial charge is 0.130 e. The van der Waals surface area contributed by atoms with Gasteiger partial charge in [0, 0.05) is 41.7 Å². The summed E-state index contributed by atoms with van der Waals surface area (Å²) in [5.41, 5.74) is 2.49. The van der Waals surface area contributed by atoms with Crippen molar-refractivity contribution in [3.8, 4) is 5.75 Å². The molecule has 0 saturated carbocycles. The van der Waals surface area contributed by atoms with Gasteiger partial charge < -0.3 is 10.1 Å². The van der Waals surface area contributed by atoms with Crippen LogP contribution in [0.4, 0.5) is 8.78 Å². The van der Waals surface area contributed by atoms with E-state index in [1.165, 1.54) is 12.1 Å². The summed E-state index contributed by atoms with van der Waals surface area (Å²) in [7, 11) is 0. The van der Waals surface area contributed by atoms with Crippen LogP contribution < -0.4 is 10.1 Å². The second kappa shape index (κ2) is 6.00. The van der Waals surface area contributed by atoms with Crippen LogP contribution in [0, 0.1) is 11.6 Å². The lowest BCUT2D eigenvalue weighted by atomic mass is 10.1. The molecular weight excluding hydrogens is 296 g/mol. The fraction of sp³-hybridized carbons (Fsp3) is 0.250. The second-order valence-corrected chi connectivity index (χ2v) is 5.43. The predicted octanol–water partition coefficient (Wildman–Crippen LogP) is 3.84. The van der Waals surface area contributed by atoms with Crippen molar-refractivity contribution in [1.82, 2.24) is 5.32 Å². The van der Waals surface area contributed by atoms with Gasteiger partial charge in [-0.1, -0.05) is 17.7 Å². The molecule has 0 radical (unpaired) electrons. The van der Waals surface area contributed by atoms with Crippen molar-refractivity contribution in [3.63, 3.8) is 0 Å². The Morgan fingerprint density at radius 1 is 1.10 bits per heavy atom. The van der Waals surface area contributed by atoms with Crippen molar-refractivity contribution in [1.29, 1.82) is 0 Å². The van der Waals surface area contributed by atoms with Gasteiger partial charge in [-0.25, -0.2) is 8.78 Å². The highest BCUT2D eigenvalue weighted by molar-refractivity contribution is 6.30. The largest absolute Gasteiger partial charge is 0.493 e. The lowest BCUT2D eigenvalue weighted by Crippen LogP contribution is -2.14. The Labute approximate surface area is 126 Å². The van der Waals surface area contributed by atoms with Gasteiger partial charge in [-0.05, 0) is 23.8 Å². The van der Waals surface area contributed by atoms with E-state index < -0.39 is 11.6 Å². The highest BCUT2D eigenvalue weighted by atomic mass is 35.5. The molecule has 1 aliphatic rings. The predicted molar refractivity (Wildman–Crippen MR) is 77.6 cm³/mol. The second-order valence-electron chi connectivity index (χ2n) is 4.99. The van der Waals surface area contributed by atoms with Crippen molar-refractivity contribution >= 4 is 11.6 Å². The van der Waals surface area contributed by atoms with E-state index in [4.69, 9.17) is 16.3 Å². The average molecular weight is 310 g/mol. The topological polar surface area (TPSA) is 21.3 Å². The normalized spacial score (nSPS) is 13.1. The highest BCUT2D eigenvalue weighted by Gasteiger charge is 2.17. The van der Waals surface area contributed by atoms with E-state index in [2.05, 4.69) is 5.32 Å². The van der Waals surface area contributed by atoms with Gasteiger partial charge in [0.25, 0.3) is 0 Å². The van der Waals surface area contributed by atoms with Gasteiger partial charge in [0.15, 0.2) is 0 Å². The zero-order valence-corrected chi connectivity index (χ0v) is 12.0. The molecule has 0 aromatic heterocycles. The molecule has 5 heteroatoms. The summed E-state index contributed by atoms with van der Waals surface area (Å²) in [5.74, 6) is -0.251. The van der Waals surface area contributed by atoms with E-state index in [-0.39, 0.29) is 0 Å². The summed E-state index contributed by atoms with van der Waals surface area (Å²) < 4.78 is 32.0. The number of hydrogen-bond donors (Lipinski definition) is 1. The summed E-state index contributed by atoms with van der Waals surface area (Å²) in [6, 6.07) is 7.33. The molecule has 1 N–H and O–H groups in total. The van der Waals surface area contributed by atoms with E-state index >= 15 is 0 Å². The lowest BCUT2D eigenvalue weighted by molar-refractivity contribution is 0.352. The maximum absolute atomic E-state index is 13.5. The average Bonchev–Trinajstić information content (AvgIpc) is 2.89. The summed E-state index contributed by atoms with van der Waals surface area (Å²) in [4.78, 5) is 0. The SMILES string of the molecule is Fc1ccc(CNCc2cc(Cl)cc3c2OCC3)c(F)c1. The minimum atomic E-state index is -0.572. The first-order chi connectivity index (χ1) is 10.1. The molecule has 1 heterocycles. The number of fused-ring (bicyclic) bond motifs is 1. The fourth-order valence-corrected chi connectivity index (χ4v) is 2.74. The molecule has 110 valence electrons. The first kappa shape index (κ1) is 14.3. The third-order valence-electron chi connectivity index (χ3n) is 3.47. The number of hydrogen-bond acceptors (Lipinski definition) is 2. The number of rotatable bonds is 4. The quantitative estimate of drug-likeness (QED) is 0.926.